The highest BCUT2D eigenvalue weighted by Gasteiger charge is 2.05. The van der Waals surface area contributed by atoms with Gasteiger partial charge in [0, 0.05) is 25.0 Å². The first-order valence-electron chi connectivity index (χ1n) is 6.62. The summed E-state index contributed by atoms with van der Waals surface area (Å²) in [7, 11) is 0. The van der Waals surface area contributed by atoms with Gasteiger partial charge in [-0.2, -0.15) is 0 Å². The molecule has 92 valence electrons. The van der Waals surface area contributed by atoms with Crippen LogP contribution < -0.4 is 5.32 Å². The van der Waals surface area contributed by atoms with E-state index >= 15 is 0 Å². The van der Waals surface area contributed by atoms with Gasteiger partial charge in [-0.15, -0.1) is 0 Å². The molecule has 1 atom stereocenters. The van der Waals surface area contributed by atoms with Gasteiger partial charge in [0.1, 0.15) is 0 Å². The Kier molecular flexibility index (Phi) is 6.24. The predicted molar refractivity (Wildman–Crippen MR) is 70.5 cm³/mol. The van der Waals surface area contributed by atoms with Crippen LogP contribution in [0.5, 0.6) is 0 Å². The van der Waals surface area contributed by atoms with Gasteiger partial charge in [-0.1, -0.05) is 27.2 Å². The molecule has 0 aromatic carbocycles. The van der Waals surface area contributed by atoms with Gasteiger partial charge >= 0.3 is 0 Å². The Balaban J connectivity index is 2.43. The van der Waals surface area contributed by atoms with Crippen molar-refractivity contribution in [1.82, 2.24) is 9.88 Å². The topological polar surface area (TPSA) is 17.0 Å². The SMILES string of the molecule is CCCNCc1cccn1CC(C)CCC. The average Bonchev–Trinajstić information content (AvgIpc) is 2.66. The Morgan fingerprint density at radius 3 is 2.81 bits per heavy atom. The van der Waals surface area contributed by atoms with Crippen LogP contribution >= 0.6 is 0 Å². The van der Waals surface area contributed by atoms with E-state index in [1.165, 1.54) is 25.0 Å². The summed E-state index contributed by atoms with van der Waals surface area (Å²) in [5, 5.41) is 3.46. The zero-order valence-electron chi connectivity index (χ0n) is 11.0. The molecular formula is C14H26N2. The maximum Gasteiger partial charge on any atom is 0.0359 e. The van der Waals surface area contributed by atoms with Gasteiger partial charge in [-0.05, 0) is 37.4 Å². The summed E-state index contributed by atoms with van der Waals surface area (Å²) in [4.78, 5) is 0. The number of hydrogen-bond donors (Lipinski definition) is 1. The summed E-state index contributed by atoms with van der Waals surface area (Å²) in [6.07, 6.45) is 6.01. The fraction of sp³-hybridized carbons (Fsp3) is 0.714. The van der Waals surface area contributed by atoms with Gasteiger partial charge in [0.15, 0.2) is 0 Å². The molecule has 1 N–H and O–H groups in total. The lowest BCUT2D eigenvalue weighted by Gasteiger charge is -2.15. The van der Waals surface area contributed by atoms with E-state index < -0.39 is 0 Å². The second-order valence-electron chi connectivity index (χ2n) is 4.72. The molecule has 16 heavy (non-hydrogen) atoms. The van der Waals surface area contributed by atoms with Gasteiger partial charge in [0.05, 0.1) is 0 Å². The molecule has 0 spiro atoms. The maximum absolute atomic E-state index is 3.46. The highest BCUT2D eigenvalue weighted by molar-refractivity contribution is 5.07. The van der Waals surface area contributed by atoms with E-state index in [0.717, 1.165) is 25.6 Å². The van der Waals surface area contributed by atoms with Crippen LogP contribution in [0.15, 0.2) is 18.3 Å². The maximum atomic E-state index is 3.46. The van der Waals surface area contributed by atoms with Gasteiger partial charge in [-0.25, -0.2) is 0 Å². The molecule has 2 nitrogen and oxygen atoms in total. The summed E-state index contributed by atoms with van der Waals surface area (Å²) >= 11 is 0. The zero-order chi connectivity index (χ0) is 11.8. The van der Waals surface area contributed by atoms with Crippen molar-refractivity contribution in [2.75, 3.05) is 6.54 Å². The molecule has 0 bridgehead atoms. The predicted octanol–water partition coefficient (Wildman–Crippen LogP) is 3.42. The molecular weight excluding hydrogens is 196 g/mol. The molecule has 1 rings (SSSR count). The minimum Gasteiger partial charge on any atom is -0.350 e. The fourth-order valence-corrected chi connectivity index (χ4v) is 2.10. The molecule has 0 aliphatic carbocycles. The highest BCUT2D eigenvalue weighted by Crippen LogP contribution is 2.11. The van der Waals surface area contributed by atoms with E-state index in [1.54, 1.807) is 0 Å². The van der Waals surface area contributed by atoms with E-state index in [9.17, 15) is 0 Å². The number of aromatic nitrogens is 1. The van der Waals surface area contributed by atoms with E-state index in [0.29, 0.717) is 0 Å². The van der Waals surface area contributed by atoms with Gasteiger partial charge in [0.25, 0.3) is 0 Å². The normalized spacial score (nSPS) is 12.9. The summed E-state index contributed by atoms with van der Waals surface area (Å²) in [5.41, 5.74) is 1.41. The van der Waals surface area contributed by atoms with Crippen molar-refractivity contribution in [3.05, 3.63) is 24.0 Å². The zero-order valence-corrected chi connectivity index (χ0v) is 11.0. The van der Waals surface area contributed by atoms with Crippen LogP contribution in [0.4, 0.5) is 0 Å². The molecule has 0 saturated heterocycles. The second kappa shape index (κ2) is 7.50. The summed E-state index contributed by atoms with van der Waals surface area (Å²) in [6.45, 7) is 10.1. The van der Waals surface area contributed by atoms with Gasteiger partial charge in [-0.3, -0.25) is 0 Å². The molecule has 1 aromatic heterocycles. The number of nitrogens with one attached hydrogen (secondary N) is 1. The molecule has 1 heterocycles. The average molecular weight is 222 g/mol. The third-order valence-electron chi connectivity index (χ3n) is 2.95. The van der Waals surface area contributed by atoms with E-state index in [2.05, 4.69) is 49.0 Å². The van der Waals surface area contributed by atoms with Crippen LogP contribution in [-0.4, -0.2) is 11.1 Å². The molecule has 0 fully saturated rings. The van der Waals surface area contributed by atoms with Crippen molar-refractivity contribution in [2.24, 2.45) is 5.92 Å². The molecule has 0 amide bonds. The molecule has 0 aliphatic heterocycles. The first-order chi connectivity index (χ1) is 7.77. The standard InChI is InChI=1S/C14H26N2/c1-4-7-13(3)12-16-10-6-8-14(16)11-15-9-5-2/h6,8,10,13,15H,4-5,7,9,11-12H2,1-3H3. The Morgan fingerprint density at radius 1 is 1.31 bits per heavy atom. The Morgan fingerprint density at radius 2 is 2.12 bits per heavy atom. The second-order valence-corrected chi connectivity index (χ2v) is 4.72. The van der Waals surface area contributed by atoms with Crippen LogP contribution in [-0.2, 0) is 13.1 Å². The number of rotatable bonds is 8. The molecule has 0 radical (unpaired) electrons. The van der Waals surface area contributed by atoms with Crippen molar-refractivity contribution in [1.29, 1.82) is 0 Å². The molecule has 1 aromatic rings. The molecule has 1 unspecified atom stereocenters. The molecule has 2 heteroatoms. The third kappa shape index (κ3) is 4.40. The quantitative estimate of drug-likeness (QED) is 0.667. The van der Waals surface area contributed by atoms with E-state index in [4.69, 9.17) is 0 Å². The Bertz CT molecular complexity index is 278. The first-order valence-corrected chi connectivity index (χ1v) is 6.62. The minimum atomic E-state index is 0.780. The number of hydrogen-bond acceptors (Lipinski definition) is 1. The first kappa shape index (κ1) is 13.3. The largest absolute Gasteiger partial charge is 0.350 e. The molecule has 0 saturated carbocycles. The Hall–Kier alpha value is -0.760. The van der Waals surface area contributed by atoms with Gasteiger partial charge < -0.3 is 9.88 Å². The lowest BCUT2D eigenvalue weighted by molar-refractivity contribution is 0.435. The Labute approximate surface area is 100 Å². The van der Waals surface area contributed by atoms with Gasteiger partial charge in [0.2, 0.25) is 0 Å². The van der Waals surface area contributed by atoms with Crippen molar-refractivity contribution in [2.45, 2.75) is 53.1 Å². The summed E-state index contributed by atoms with van der Waals surface area (Å²) in [5.74, 6) is 0.780. The molecule has 0 aliphatic rings. The third-order valence-corrected chi connectivity index (χ3v) is 2.95. The van der Waals surface area contributed by atoms with E-state index in [-0.39, 0.29) is 0 Å². The lowest BCUT2D eigenvalue weighted by Crippen LogP contribution is -2.18. The monoisotopic (exact) mass is 222 g/mol. The van der Waals surface area contributed by atoms with Crippen molar-refractivity contribution in [3.63, 3.8) is 0 Å². The van der Waals surface area contributed by atoms with Crippen LogP contribution in [0.25, 0.3) is 0 Å². The van der Waals surface area contributed by atoms with Crippen molar-refractivity contribution >= 4 is 0 Å². The fourth-order valence-electron chi connectivity index (χ4n) is 2.10. The minimum absolute atomic E-state index is 0.780. The summed E-state index contributed by atoms with van der Waals surface area (Å²) < 4.78 is 2.39. The lowest BCUT2D eigenvalue weighted by atomic mass is 10.1. The number of nitrogens with zero attached hydrogens (tertiary/aromatic N) is 1. The van der Waals surface area contributed by atoms with Crippen LogP contribution in [0.1, 0.15) is 45.7 Å². The highest BCUT2D eigenvalue weighted by atomic mass is 15.0. The van der Waals surface area contributed by atoms with Crippen LogP contribution in [0, 0.1) is 5.92 Å². The van der Waals surface area contributed by atoms with Crippen molar-refractivity contribution in [3.8, 4) is 0 Å². The summed E-state index contributed by atoms with van der Waals surface area (Å²) in [6, 6.07) is 4.38. The van der Waals surface area contributed by atoms with E-state index in [1.807, 2.05) is 0 Å². The van der Waals surface area contributed by atoms with Crippen LogP contribution in [0.3, 0.4) is 0 Å². The van der Waals surface area contributed by atoms with Crippen LogP contribution in [0.2, 0.25) is 0 Å². The van der Waals surface area contributed by atoms with Crippen molar-refractivity contribution < 1.29 is 0 Å². The smallest absolute Gasteiger partial charge is 0.0359 e.